The highest BCUT2D eigenvalue weighted by molar-refractivity contribution is 5.89. The zero-order valence-electron chi connectivity index (χ0n) is 23.2. The number of halogens is 9. The van der Waals surface area contributed by atoms with Crippen molar-refractivity contribution in [2.45, 2.75) is 65.1 Å². The summed E-state index contributed by atoms with van der Waals surface area (Å²) in [6.45, 7) is 5.77. The maximum atomic E-state index is 13.4. The average Bonchev–Trinajstić information content (AvgIpc) is 3.14. The van der Waals surface area contributed by atoms with Crippen LogP contribution in [0.1, 0.15) is 56.1 Å². The van der Waals surface area contributed by atoms with E-state index in [2.05, 4.69) is 4.74 Å². The fourth-order valence-corrected chi connectivity index (χ4v) is 4.47. The molecule has 1 heterocycles. The van der Waals surface area contributed by atoms with Crippen LogP contribution < -0.4 is 9.64 Å². The van der Waals surface area contributed by atoms with Gasteiger partial charge >= 0.3 is 30.9 Å². The van der Waals surface area contributed by atoms with Crippen molar-refractivity contribution in [2.75, 3.05) is 18.1 Å². The summed E-state index contributed by atoms with van der Waals surface area (Å²) in [7, 11) is 0. The molecule has 3 rings (SSSR count). The molecule has 0 spiro atoms. The van der Waals surface area contributed by atoms with E-state index in [-0.39, 0.29) is 36.4 Å². The number of amides is 2. The molecule has 1 fully saturated rings. The summed E-state index contributed by atoms with van der Waals surface area (Å²) in [6, 6.07) is 2.59. The standard InChI is InChI=1S/C27H27F9N2O5/c1-5-41-23(39)38(12-14(2)3)21-7-6-20(43-27(34,35)36)10-17(21)13-37-15(4)22(42-24(37)40)16-8-18(25(28,29)30)11-19(9-16)26(31,32)33/h6-11,14-15,22H,5,12-13H2,1-4H3/t15-,22-/m0/s1. The monoisotopic (exact) mass is 630 g/mol. The molecule has 16 heteroatoms. The summed E-state index contributed by atoms with van der Waals surface area (Å²) < 4.78 is 134. The van der Waals surface area contributed by atoms with Crippen LogP contribution in [0.15, 0.2) is 36.4 Å². The molecule has 0 aliphatic carbocycles. The Morgan fingerprint density at radius 1 is 0.977 bits per heavy atom. The molecule has 1 aliphatic heterocycles. The molecule has 2 aromatic carbocycles. The Morgan fingerprint density at radius 2 is 1.56 bits per heavy atom. The first-order valence-corrected chi connectivity index (χ1v) is 12.8. The molecule has 2 atom stereocenters. The fourth-order valence-electron chi connectivity index (χ4n) is 4.47. The van der Waals surface area contributed by atoms with Crippen LogP contribution >= 0.6 is 0 Å². The highest BCUT2D eigenvalue weighted by atomic mass is 19.4. The van der Waals surface area contributed by atoms with Crippen molar-refractivity contribution in [3.63, 3.8) is 0 Å². The van der Waals surface area contributed by atoms with Crippen molar-refractivity contribution in [1.29, 1.82) is 0 Å². The molecule has 7 nitrogen and oxygen atoms in total. The van der Waals surface area contributed by atoms with Crippen LogP contribution in [0.2, 0.25) is 0 Å². The Morgan fingerprint density at radius 3 is 2.05 bits per heavy atom. The third-order valence-corrected chi connectivity index (χ3v) is 6.28. The lowest BCUT2D eigenvalue weighted by atomic mass is 9.97. The third-order valence-electron chi connectivity index (χ3n) is 6.28. The second-order valence-corrected chi connectivity index (χ2v) is 10.1. The molecule has 1 aliphatic rings. The van der Waals surface area contributed by atoms with Crippen molar-refractivity contribution < 1.29 is 63.3 Å². The van der Waals surface area contributed by atoms with E-state index in [0.29, 0.717) is 12.1 Å². The van der Waals surface area contributed by atoms with Crippen LogP contribution in [-0.2, 0) is 28.4 Å². The molecule has 0 saturated carbocycles. The van der Waals surface area contributed by atoms with Crippen LogP contribution in [0.25, 0.3) is 0 Å². The summed E-state index contributed by atoms with van der Waals surface area (Å²) in [5.74, 6) is -0.865. The Bertz CT molecular complexity index is 1290. The van der Waals surface area contributed by atoms with Crippen molar-refractivity contribution in [2.24, 2.45) is 5.92 Å². The van der Waals surface area contributed by atoms with E-state index in [0.717, 1.165) is 28.0 Å². The summed E-state index contributed by atoms with van der Waals surface area (Å²) in [6.07, 6.45) is -19.0. The van der Waals surface area contributed by atoms with Crippen LogP contribution in [0.5, 0.6) is 5.75 Å². The van der Waals surface area contributed by atoms with Crippen molar-refractivity contribution >= 4 is 17.9 Å². The molecule has 1 saturated heterocycles. The van der Waals surface area contributed by atoms with E-state index in [4.69, 9.17) is 9.47 Å². The number of hydrogen-bond donors (Lipinski definition) is 0. The second-order valence-electron chi connectivity index (χ2n) is 10.1. The number of carbonyl (C=O) groups excluding carboxylic acids is 2. The smallest absolute Gasteiger partial charge is 0.449 e. The molecular formula is C27H27F9N2O5. The van der Waals surface area contributed by atoms with Crippen molar-refractivity contribution in [3.05, 3.63) is 58.7 Å². The minimum Gasteiger partial charge on any atom is -0.449 e. The molecule has 0 unspecified atom stereocenters. The van der Waals surface area contributed by atoms with Crippen LogP contribution in [0, 0.1) is 5.92 Å². The predicted molar refractivity (Wildman–Crippen MR) is 133 cm³/mol. The van der Waals surface area contributed by atoms with Crippen LogP contribution in [0.3, 0.4) is 0 Å². The van der Waals surface area contributed by atoms with Gasteiger partial charge in [-0.05, 0) is 67.3 Å². The minimum absolute atomic E-state index is 0.0311. The average molecular weight is 631 g/mol. The molecule has 0 radical (unpaired) electrons. The fraction of sp³-hybridized carbons (Fsp3) is 0.481. The Kier molecular flexibility index (Phi) is 9.71. The third kappa shape index (κ3) is 8.38. The highest BCUT2D eigenvalue weighted by Gasteiger charge is 2.44. The number of ether oxygens (including phenoxy) is 3. The number of hydrogen-bond acceptors (Lipinski definition) is 5. The van der Waals surface area contributed by atoms with Gasteiger partial charge < -0.3 is 14.2 Å². The zero-order valence-corrected chi connectivity index (χ0v) is 23.2. The summed E-state index contributed by atoms with van der Waals surface area (Å²) in [4.78, 5) is 27.7. The van der Waals surface area contributed by atoms with E-state index in [1.807, 2.05) is 0 Å². The van der Waals surface area contributed by atoms with Gasteiger partial charge in [-0.25, -0.2) is 9.59 Å². The number of nitrogens with zero attached hydrogens (tertiary/aromatic N) is 2. The van der Waals surface area contributed by atoms with Crippen LogP contribution in [-0.4, -0.2) is 42.6 Å². The zero-order chi connectivity index (χ0) is 32.5. The number of anilines is 1. The molecule has 0 N–H and O–H groups in total. The maximum Gasteiger partial charge on any atom is 0.573 e. The largest absolute Gasteiger partial charge is 0.573 e. The van der Waals surface area contributed by atoms with E-state index in [1.54, 1.807) is 13.8 Å². The number of benzene rings is 2. The molecule has 0 bridgehead atoms. The number of alkyl halides is 9. The Hall–Kier alpha value is -3.85. The number of carbonyl (C=O) groups is 2. The van der Waals surface area contributed by atoms with E-state index in [9.17, 15) is 49.1 Å². The van der Waals surface area contributed by atoms with Crippen molar-refractivity contribution in [1.82, 2.24) is 4.90 Å². The van der Waals surface area contributed by atoms with Crippen LogP contribution in [0.4, 0.5) is 54.8 Å². The van der Waals surface area contributed by atoms with Gasteiger partial charge in [0.05, 0.1) is 36.0 Å². The second kappa shape index (κ2) is 12.4. The van der Waals surface area contributed by atoms with E-state index >= 15 is 0 Å². The van der Waals surface area contributed by atoms with Gasteiger partial charge in [0.15, 0.2) is 0 Å². The highest BCUT2D eigenvalue weighted by Crippen LogP contribution is 2.42. The van der Waals surface area contributed by atoms with Gasteiger partial charge in [-0.2, -0.15) is 26.3 Å². The molecule has 43 heavy (non-hydrogen) atoms. The Labute approximate surface area is 240 Å². The van der Waals surface area contributed by atoms with Gasteiger partial charge in [0.1, 0.15) is 11.9 Å². The first-order valence-electron chi connectivity index (χ1n) is 12.8. The first kappa shape index (κ1) is 33.6. The normalized spacial score (nSPS) is 17.7. The number of rotatable bonds is 8. The Balaban J connectivity index is 2.07. The first-order chi connectivity index (χ1) is 19.7. The minimum atomic E-state index is -5.15. The van der Waals surface area contributed by atoms with Gasteiger partial charge in [0.2, 0.25) is 0 Å². The summed E-state index contributed by atoms with van der Waals surface area (Å²) in [5.41, 5.74) is -3.86. The molecule has 238 valence electrons. The van der Waals surface area contributed by atoms with Gasteiger partial charge in [-0.15, -0.1) is 13.2 Å². The van der Waals surface area contributed by atoms with E-state index in [1.165, 1.54) is 13.8 Å². The molecular weight excluding hydrogens is 603 g/mol. The lowest BCUT2D eigenvalue weighted by Crippen LogP contribution is -2.37. The maximum absolute atomic E-state index is 13.4. The van der Waals surface area contributed by atoms with E-state index < -0.39 is 72.0 Å². The molecule has 2 amide bonds. The molecule has 2 aromatic rings. The lowest BCUT2D eigenvalue weighted by Gasteiger charge is -2.28. The summed E-state index contributed by atoms with van der Waals surface area (Å²) in [5, 5.41) is 0. The topological polar surface area (TPSA) is 68.3 Å². The SMILES string of the molecule is CCOC(=O)N(CC(C)C)c1ccc(OC(F)(F)F)cc1CN1C(=O)O[C@H](c2cc(C(F)(F)F)cc(C(F)(F)F)c2)[C@@H]1C. The van der Waals surface area contributed by atoms with Gasteiger partial charge in [0.25, 0.3) is 0 Å². The predicted octanol–water partition coefficient (Wildman–Crippen LogP) is 8.32. The number of cyclic esters (lactones) is 1. The van der Waals surface area contributed by atoms with Gasteiger partial charge in [-0.1, -0.05) is 13.8 Å². The quantitative estimate of drug-likeness (QED) is 0.275. The summed E-state index contributed by atoms with van der Waals surface area (Å²) >= 11 is 0. The lowest BCUT2D eigenvalue weighted by molar-refractivity contribution is -0.274. The molecule has 0 aromatic heterocycles. The van der Waals surface area contributed by atoms with Crippen molar-refractivity contribution in [3.8, 4) is 5.75 Å². The van der Waals surface area contributed by atoms with Gasteiger partial charge in [-0.3, -0.25) is 9.80 Å². The van der Waals surface area contributed by atoms with Gasteiger partial charge in [0, 0.05) is 6.54 Å².